The molecule has 2 rings (SSSR count). The summed E-state index contributed by atoms with van der Waals surface area (Å²) in [5.74, 6) is 0.230. The van der Waals surface area contributed by atoms with Crippen molar-refractivity contribution in [1.82, 2.24) is 19.6 Å². The number of amides is 1. The lowest BCUT2D eigenvalue weighted by molar-refractivity contribution is -0.133. The molecule has 0 aliphatic carbocycles. The highest BCUT2D eigenvalue weighted by molar-refractivity contribution is 5.78. The zero-order chi connectivity index (χ0) is 12.3. The molecule has 0 aromatic carbocycles. The largest absolute Gasteiger partial charge is 0.341 e. The van der Waals surface area contributed by atoms with Gasteiger partial charge in [0, 0.05) is 25.5 Å². The van der Waals surface area contributed by atoms with Crippen molar-refractivity contribution in [3.8, 4) is 0 Å². The molecule has 0 unspecified atom stereocenters. The van der Waals surface area contributed by atoms with Crippen molar-refractivity contribution in [2.45, 2.75) is 18.9 Å². The summed E-state index contributed by atoms with van der Waals surface area (Å²) in [7, 11) is 3.85. The first-order valence-corrected chi connectivity index (χ1v) is 6.08. The average Bonchev–Trinajstić information content (AvgIpc) is 2.82. The van der Waals surface area contributed by atoms with Crippen LogP contribution < -0.4 is 0 Å². The molecule has 17 heavy (non-hydrogen) atoms. The SMILES string of the molecule is CN(C)CC(=O)N1CCC(n2cccn2)CC1. The number of nitrogens with zero attached hydrogens (tertiary/aromatic N) is 4. The van der Waals surface area contributed by atoms with E-state index in [1.54, 1.807) is 0 Å². The predicted octanol–water partition coefficient (Wildman–Crippen LogP) is 0.608. The van der Waals surface area contributed by atoms with Crippen LogP contribution in [-0.2, 0) is 4.79 Å². The lowest BCUT2D eigenvalue weighted by Crippen LogP contribution is -2.43. The maximum Gasteiger partial charge on any atom is 0.236 e. The number of likely N-dealkylation sites (tertiary alicyclic amines) is 1. The summed E-state index contributed by atoms with van der Waals surface area (Å²) in [5.41, 5.74) is 0. The number of carbonyl (C=O) groups excluding carboxylic acids is 1. The Morgan fingerprint density at radius 3 is 2.65 bits per heavy atom. The fourth-order valence-corrected chi connectivity index (χ4v) is 2.25. The molecule has 5 heteroatoms. The third kappa shape index (κ3) is 3.06. The maximum atomic E-state index is 11.9. The van der Waals surface area contributed by atoms with Gasteiger partial charge in [-0.05, 0) is 33.0 Å². The molecule has 1 aromatic heterocycles. The number of likely N-dealkylation sites (N-methyl/N-ethyl adjacent to an activating group) is 1. The number of rotatable bonds is 3. The van der Waals surface area contributed by atoms with Crippen LogP contribution in [0.2, 0.25) is 0 Å². The first-order chi connectivity index (χ1) is 8.16. The van der Waals surface area contributed by atoms with Gasteiger partial charge in [-0.3, -0.25) is 9.48 Å². The van der Waals surface area contributed by atoms with E-state index in [2.05, 4.69) is 5.10 Å². The molecule has 1 aromatic rings. The molecule has 0 atom stereocenters. The smallest absolute Gasteiger partial charge is 0.236 e. The molecular formula is C12H20N4O. The van der Waals surface area contributed by atoms with Crippen molar-refractivity contribution in [2.24, 2.45) is 0 Å². The minimum absolute atomic E-state index is 0.230. The maximum absolute atomic E-state index is 11.9. The number of piperidine rings is 1. The Hall–Kier alpha value is -1.36. The lowest BCUT2D eigenvalue weighted by Gasteiger charge is -2.32. The molecule has 1 fully saturated rings. The molecule has 94 valence electrons. The van der Waals surface area contributed by atoms with Gasteiger partial charge in [0.05, 0.1) is 12.6 Å². The third-order valence-corrected chi connectivity index (χ3v) is 3.17. The van der Waals surface area contributed by atoms with Gasteiger partial charge in [-0.2, -0.15) is 5.10 Å². The van der Waals surface area contributed by atoms with E-state index in [-0.39, 0.29) is 5.91 Å². The van der Waals surface area contributed by atoms with Crippen LogP contribution in [0.15, 0.2) is 18.5 Å². The van der Waals surface area contributed by atoms with Crippen molar-refractivity contribution in [1.29, 1.82) is 0 Å². The molecule has 0 saturated carbocycles. The van der Waals surface area contributed by atoms with Crippen molar-refractivity contribution in [3.05, 3.63) is 18.5 Å². The highest BCUT2D eigenvalue weighted by Gasteiger charge is 2.23. The average molecular weight is 236 g/mol. The second kappa shape index (κ2) is 5.31. The normalized spacial score (nSPS) is 17.7. The standard InChI is InChI=1S/C12H20N4O/c1-14(2)10-12(17)15-8-4-11(5-9-15)16-7-3-6-13-16/h3,6-7,11H,4-5,8-10H2,1-2H3. The van der Waals surface area contributed by atoms with E-state index >= 15 is 0 Å². The highest BCUT2D eigenvalue weighted by Crippen LogP contribution is 2.21. The van der Waals surface area contributed by atoms with Crippen LogP contribution >= 0.6 is 0 Å². The van der Waals surface area contributed by atoms with Crippen molar-refractivity contribution in [2.75, 3.05) is 33.7 Å². The predicted molar refractivity (Wildman–Crippen MR) is 65.6 cm³/mol. The lowest BCUT2D eigenvalue weighted by atomic mass is 10.1. The minimum Gasteiger partial charge on any atom is -0.341 e. The topological polar surface area (TPSA) is 41.4 Å². The first kappa shape index (κ1) is 12.1. The second-order valence-corrected chi connectivity index (χ2v) is 4.84. The van der Waals surface area contributed by atoms with Crippen LogP contribution in [0.25, 0.3) is 0 Å². The van der Waals surface area contributed by atoms with Gasteiger partial charge >= 0.3 is 0 Å². The van der Waals surface area contributed by atoms with E-state index < -0.39 is 0 Å². The number of carbonyl (C=O) groups is 1. The van der Waals surface area contributed by atoms with E-state index in [9.17, 15) is 4.79 Å². The molecular weight excluding hydrogens is 216 g/mol. The highest BCUT2D eigenvalue weighted by atomic mass is 16.2. The molecule has 0 bridgehead atoms. The van der Waals surface area contributed by atoms with Gasteiger partial charge in [-0.15, -0.1) is 0 Å². The zero-order valence-corrected chi connectivity index (χ0v) is 10.5. The van der Waals surface area contributed by atoms with E-state index in [1.807, 2.05) is 47.0 Å². The number of hydrogen-bond donors (Lipinski definition) is 0. The van der Waals surface area contributed by atoms with Gasteiger partial charge < -0.3 is 9.80 Å². The molecule has 1 aliphatic rings. The summed E-state index contributed by atoms with van der Waals surface area (Å²) >= 11 is 0. The van der Waals surface area contributed by atoms with E-state index in [1.165, 1.54) is 0 Å². The summed E-state index contributed by atoms with van der Waals surface area (Å²) in [4.78, 5) is 15.7. The molecule has 1 aliphatic heterocycles. The molecule has 5 nitrogen and oxygen atoms in total. The number of aromatic nitrogens is 2. The Morgan fingerprint density at radius 1 is 1.41 bits per heavy atom. The summed E-state index contributed by atoms with van der Waals surface area (Å²) < 4.78 is 2.01. The fraction of sp³-hybridized carbons (Fsp3) is 0.667. The Balaban J connectivity index is 1.84. The summed E-state index contributed by atoms with van der Waals surface area (Å²) in [5, 5.41) is 4.26. The van der Waals surface area contributed by atoms with Crippen LogP contribution in [0.5, 0.6) is 0 Å². The fourth-order valence-electron chi connectivity index (χ4n) is 2.25. The minimum atomic E-state index is 0.230. The Kier molecular flexibility index (Phi) is 3.78. The molecule has 0 radical (unpaired) electrons. The first-order valence-electron chi connectivity index (χ1n) is 6.08. The van der Waals surface area contributed by atoms with Crippen LogP contribution in [0, 0.1) is 0 Å². The molecule has 1 saturated heterocycles. The quantitative estimate of drug-likeness (QED) is 0.772. The zero-order valence-electron chi connectivity index (χ0n) is 10.5. The van der Waals surface area contributed by atoms with Crippen LogP contribution in [0.1, 0.15) is 18.9 Å². The van der Waals surface area contributed by atoms with E-state index in [0.717, 1.165) is 25.9 Å². The van der Waals surface area contributed by atoms with Gasteiger partial charge in [0.25, 0.3) is 0 Å². The van der Waals surface area contributed by atoms with Gasteiger partial charge in [0.15, 0.2) is 0 Å². The Bertz CT molecular complexity index is 353. The van der Waals surface area contributed by atoms with Gasteiger partial charge in [0.2, 0.25) is 5.91 Å². The van der Waals surface area contributed by atoms with Gasteiger partial charge in [0.1, 0.15) is 0 Å². The molecule has 0 spiro atoms. The van der Waals surface area contributed by atoms with Gasteiger partial charge in [-0.25, -0.2) is 0 Å². The van der Waals surface area contributed by atoms with Crippen LogP contribution in [0.4, 0.5) is 0 Å². The van der Waals surface area contributed by atoms with Crippen LogP contribution in [-0.4, -0.2) is 59.2 Å². The summed E-state index contributed by atoms with van der Waals surface area (Å²) in [6.07, 6.45) is 5.81. The molecule has 1 amide bonds. The van der Waals surface area contributed by atoms with E-state index in [4.69, 9.17) is 0 Å². The van der Waals surface area contributed by atoms with Gasteiger partial charge in [-0.1, -0.05) is 0 Å². The van der Waals surface area contributed by atoms with Crippen LogP contribution in [0.3, 0.4) is 0 Å². The van der Waals surface area contributed by atoms with Crippen molar-refractivity contribution >= 4 is 5.91 Å². The summed E-state index contributed by atoms with van der Waals surface area (Å²) in [6.45, 7) is 2.20. The number of hydrogen-bond acceptors (Lipinski definition) is 3. The monoisotopic (exact) mass is 236 g/mol. The van der Waals surface area contributed by atoms with E-state index in [0.29, 0.717) is 12.6 Å². The second-order valence-electron chi connectivity index (χ2n) is 4.84. The molecule has 2 heterocycles. The Labute approximate surface area is 102 Å². The molecule has 0 N–H and O–H groups in total. The van der Waals surface area contributed by atoms with Crippen molar-refractivity contribution in [3.63, 3.8) is 0 Å². The third-order valence-electron chi connectivity index (χ3n) is 3.17. The summed E-state index contributed by atoms with van der Waals surface area (Å²) in [6, 6.07) is 2.40. The van der Waals surface area contributed by atoms with Crippen molar-refractivity contribution < 1.29 is 4.79 Å². The Morgan fingerprint density at radius 2 is 2.12 bits per heavy atom.